The zero-order valence-electron chi connectivity index (χ0n) is 14.4. The Labute approximate surface area is 144 Å². The lowest BCUT2D eigenvalue weighted by Crippen LogP contribution is -2.37. The van der Waals surface area contributed by atoms with Gasteiger partial charge in [0.05, 0.1) is 5.69 Å². The normalized spacial score (nSPS) is 17.4. The third-order valence-electron chi connectivity index (χ3n) is 4.51. The second-order valence-corrected chi connectivity index (χ2v) is 6.31. The first kappa shape index (κ1) is 15.6. The van der Waals surface area contributed by atoms with E-state index in [1.807, 2.05) is 19.1 Å². The van der Waals surface area contributed by atoms with Gasteiger partial charge in [-0.2, -0.15) is 4.52 Å². The summed E-state index contributed by atoms with van der Waals surface area (Å²) >= 11 is 0. The molecule has 1 atom stereocenters. The fourth-order valence-corrected chi connectivity index (χ4v) is 3.21. The number of aryl methyl sites for hydroxylation is 3. The molecule has 3 aromatic rings. The van der Waals surface area contributed by atoms with Crippen molar-refractivity contribution in [2.75, 3.05) is 18.0 Å². The maximum Gasteiger partial charge on any atom is 0.257 e. The molecule has 0 aliphatic carbocycles. The first-order valence-corrected chi connectivity index (χ1v) is 8.20. The Bertz CT molecular complexity index is 926. The molecule has 130 valence electrons. The summed E-state index contributed by atoms with van der Waals surface area (Å²) in [5.74, 6) is 2.00. The van der Waals surface area contributed by atoms with Crippen LogP contribution in [0.15, 0.2) is 16.7 Å². The van der Waals surface area contributed by atoms with Crippen molar-refractivity contribution < 1.29 is 9.32 Å². The third-order valence-corrected chi connectivity index (χ3v) is 4.51. The summed E-state index contributed by atoms with van der Waals surface area (Å²) in [6, 6.07) is 3.89. The van der Waals surface area contributed by atoms with Crippen LogP contribution in [0.1, 0.15) is 34.1 Å². The monoisotopic (exact) mass is 341 g/mol. The van der Waals surface area contributed by atoms with Crippen molar-refractivity contribution in [3.05, 3.63) is 35.0 Å². The van der Waals surface area contributed by atoms with E-state index in [9.17, 15) is 4.79 Å². The van der Waals surface area contributed by atoms with Crippen LogP contribution in [-0.2, 0) is 0 Å². The lowest BCUT2D eigenvalue weighted by molar-refractivity contribution is 0.0938. The van der Waals surface area contributed by atoms with Gasteiger partial charge in [0.2, 0.25) is 0 Å². The van der Waals surface area contributed by atoms with Gasteiger partial charge in [-0.25, -0.2) is 0 Å². The van der Waals surface area contributed by atoms with Crippen LogP contribution in [0.3, 0.4) is 0 Å². The topological polar surface area (TPSA) is 101 Å². The summed E-state index contributed by atoms with van der Waals surface area (Å²) in [7, 11) is 0. The highest BCUT2D eigenvalue weighted by molar-refractivity contribution is 5.96. The van der Waals surface area contributed by atoms with Gasteiger partial charge in [-0.3, -0.25) is 4.79 Å². The first-order chi connectivity index (χ1) is 12.0. The Hall–Kier alpha value is -2.97. The Morgan fingerprint density at radius 2 is 2.12 bits per heavy atom. The van der Waals surface area contributed by atoms with Crippen molar-refractivity contribution in [3.63, 3.8) is 0 Å². The number of hydrogen-bond acceptors (Lipinski definition) is 7. The van der Waals surface area contributed by atoms with Crippen LogP contribution in [0.25, 0.3) is 5.65 Å². The first-order valence-electron chi connectivity index (χ1n) is 8.20. The molecule has 0 spiro atoms. The van der Waals surface area contributed by atoms with Gasteiger partial charge in [-0.05, 0) is 39.3 Å². The maximum atomic E-state index is 12.5. The van der Waals surface area contributed by atoms with E-state index in [1.54, 1.807) is 18.4 Å². The average Bonchev–Trinajstić information content (AvgIpc) is 3.28. The van der Waals surface area contributed by atoms with E-state index in [0.717, 1.165) is 30.3 Å². The van der Waals surface area contributed by atoms with Gasteiger partial charge in [0, 0.05) is 19.1 Å². The molecule has 4 heterocycles. The molecule has 0 aromatic carbocycles. The molecular formula is C16H19N7O2. The molecule has 1 unspecified atom stereocenters. The highest BCUT2D eigenvalue weighted by Crippen LogP contribution is 2.20. The zero-order valence-corrected chi connectivity index (χ0v) is 14.4. The second-order valence-electron chi connectivity index (χ2n) is 6.31. The summed E-state index contributed by atoms with van der Waals surface area (Å²) in [5.41, 5.74) is 1.86. The number of amides is 1. The predicted octanol–water partition coefficient (Wildman–Crippen LogP) is 1.05. The number of carbonyl (C=O) groups is 1. The maximum absolute atomic E-state index is 12.5. The molecule has 3 aromatic heterocycles. The van der Waals surface area contributed by atoms with E-state index in [0.29, 0.717) is 23.6 Å². The number of nitrogens with one attached hydrogen (secondary N) is 1. The zero-order chi connectivity index (χ0) is 17.6. The van der Waals surface area contributed by atoms with Crippen molar-refractivity contribution in [1.82, 2.24) is 30.3 Å². The predicted molar refractivity (Wildman–Crippen MR) is 89.6 cm³/mol. The minimum atomic E-state index is -0.138. The van der Waals surface area contributed by atoms with Gasteiger partial charge in [0.25, 0.3) is 5.91 Å². The van der Waals surface area contributed by atoms with E-state index in [2.05, 4.69) is 30.7 Å². The molecule has 1 aliphatic heterocycles. The molecule has 9 nitrogen and oxygen atoms in total. The van der Waals surface area contributed by atoms with Gasteiger partial charge in [-0.15, -0.1) is 15.3 Å². The molecule has 1 amide bonds. The Kier molecular flexibility index (Phi) is 3.63. The highest BCUT2D eigenvalue weighted by atomic mass is 16.5. The molecule has 0 saturated carbocycles. The van der Waals surface area contributed by atoms with Crippen molar-refractivity contribution in [2.24, 2.45) is 0 Å². The van der Waals surface area contributed by atoms with Crippen molar-refractivity contribution in [3.8, 4) is 0 Å². The van der Waals surface area contributed by atoms with E-state index >= 15 is 0 Å². The largest absolute Gasteiger partial charge is 0.361 e. The minimum Gasteiger partial charge on any atom is -0.361 e. The van der Waals surface area contributed by atoms with Gasteiger partial charge in [0.15, 0.2) is 11.5 Å². The summed E-state index contributed by atoms with van der Waals surface area (Å²) in [6.07, 6.45) is 0.857. The molecule has 1 aliphatic rings. The van der Waals surface area contributed by atoms with Crippen molar-refractivity contribution in [1.29, 1.82) is 0 Å². The summed E-state index contributed by atoms with van der Waals surface area (Å²) in [5, 5.41) is 19.6. The van der Waals surface area contributed by atoms with Gasteiger partial charge >= 0.3 is 0 Å². The summed E-state index contributed by atoms with van der Waals surface area (Å²) in [4.78, 5) is 14.6. The minimum absolute atomic E-state index is 0.0562. The van der Waals surface area contributed by atoms with E-state index in [4.69, 9.17) is 4.52 Å². The molecule has 1 saturated heterocycles. The molecule has 4 rings (SSSR count). The Balaban J connectivity index is 1.47. The average molecular weight is 341 g/mol. The molecule has 0 bridgehead atoms. The van der Waals surface area contributed by atoms with E-state index < -0.39 is 0 Å². The number of hydrogen-bond donors (Lipinski definition) is 1. The Morgan fingerprint density at radius 1 is 1.28 bits per heavy atom. The van der Waals surface area contributed by atoms with Crippen LogP contribution in [0.4, 0.5) is 5.82 Å². The number of nitrogens with zero attached hydrogens (tertiary/aromatic N) is 6. The molecule has 9 heteroatoms. The molecule has 25 heavy (non-hydrogen) atoms. The lowest BCUT2D eigenvalue weighted by atomic mass is 10.1. The van der Waals surface area contributed by atoms with Crippen LogP contribution < -0.4 is 10.2 Å². The Morgan fingerprint density at radius 3 is 2.88 bits per heavy atom. The lowest BCUT2D eigenvalue weighted by Gasteiger charge is -2.18. The molecule has 0 radical (unpaired) electrons. The van der Waals surface area contributed by atoms with Crippen LogP contribution in [0, 0.1) is 20.8 Å². The molecule has 1 N–H and O–H groups in total. The standard InChI is InChI=1S/C16H19N7O2/c1-9-15(10(2)25-21-9)16(24)17-12-6-7-22(8-12)14-5-4-13-19-18-11(3)23(13)20-14/h4-5,12H,6-8H2,1-3H3,(H,17,24). The fraction of sp³-hybridized carbons (Fsp3) is 0.438. The second kappa shape index (κ2) is 5.83. The third kappa shape index (κ3) is 2.71. The summed E-state index contributed by atoms with van der Waals surface area (Å²) < 4.78 is 6.80. The number of carbonyl (C=O) groups excluding carboxylic acids is 1. The van der Waals surface area contributed by atoms with Gasteiger partial charge in [0.1, 0.15) is 17.1 Å². The van der Waals surface area contributed by atoms with Crippen LogP contribution in [0.2, 0.25) is 0 Å². The number of rotatable bonds is 3. The van der Waals surface area contributed by atoms with E-state index in [1.165, 1.54) is 0 Å². The van der Waals surface area contributed by atoms with E-state index in [-0.39, 0.29) is 11.9 Å². The summed E-state index contributed by atoms with van der Waals surface area (Å²) in [6.45, 7) is 6.91. The van der Waals surface area contributed by atoms with Gasteiger partial charge < -0.3 is 14.7 Å². The molecular weight excluding hydrogens is 322 g/mol. The number of anilines is 1. The number of fused-ring (bicyclic) bond motifs is 1. The van der Waals surface area contributed by atoms with Crippen molar-refractivity contribution in [2.45, 2.75) is 33.2 Å². The van der Waals surface area contributed by atoms with Crippen molar-refractivity contribution >= 4 is 17.4 Å². The van der Waals surface area contributed by atoms with Crippen LogP contribution in [-0.4, -0.2) is 50.0 Å². The fourth-order valence-electron chi connectivity index (χ4n) is 3.21. The van der Waals surface area contributed by atoms with Crippen LogP contribution >= 0.6 is 0 Å². The SMILES string of the molecule is Cc1noc(C)c1C(=O)NC1CCN(c2ccc3nnc(C)n3n2)C1. The smallest absolute Gasteiger partial charge is 0.257 e. The highest BCUT2D eigenvalue weighted by Gasteiger charge is 2.27. The van der Waals surface area contributed by atoms with Gasteiger partial charge in [-0.1, -0.05) is 5.16 Å². The molecule has 1 fully saturated rings. The number of aromatic nitrogens is 5. The van der Waals surface area contributed by atoms with Crippen LogP contribution in [0.5, 0.6) is 0 Å². The quantitative estimate of drug-likeness (QED) is 0.759.